The van der Waals surface area contributed by atoms with E-state index in [1.165, 1.54) is 17.3 Å². The quantitative estimate of drug-likeness (QED) is 0.725. The van der Waals surface area contributed by atoms with Crippen LogP contribution in [0.4, 0.5) is 15.0 Å². The first-order chi connectivity index (χ1) is 14.7. The van der Waals surface area contributed by atoms with E-state index in [-0.39, 0.29) is 41.5 Å². The number of nitrogen functional groups attached to an aromatic ring is 1. The SMILES string of the molecule is CC(C)(C)C1C(COc2c(C3CCC3)ccc(-c3cnc(N)cn3)c2F)CN1C(=O)O. The minimum absolute atomic E-state index is 0.00436. The second-order valence-electron chi connectivity index (χ2n) is 9.62. The highest BCUT2D eigenvalue weighted by molar-refractivity contribution is 5.67. The molecule has 2 aromatic rings. The van der Waals surface area contributed by atoms with Crippen LogP contribution in [0.25, 0.3) is 11.3 Å². The number of anilines is 1. The van der Waals surface area contributed by atoms with E-state index in [4.69, 9.17) is 10.5 Å². The number of carbonyl (C=O) groups is 1. The van der Waals surface area contributed by atoms with Gasteiger partial charge in [-0.3, -0.25) is 4.98 Å². The first kappa shape index (κ1) is 21.3. The van der Waals surface area contributed by atoms with Crippen LogP contribution in [0.3, 0.4) is 0 Å². The van der Waals surface area contributed by atoms with Gasteiger partial charge in [0.25, 0.3) is 0 Å². The van der Waals surface area contributed by atoms with E-state index in [0.717, 1.165) is 24.8 Å². The van der Waals surface area contributed by atoms with Crippen molar-refractivity contribution < 1.29 is 19.0 Å². The molecule has 166 valence electrons. The summed E-state index contributed by atoms with van der Waals surface area (Å²) in [7, 11) is 0. The zero-order valence-corrected chi connectivity index (χ0v) is 18.1. The standard InChI is InChI=1S/C23H29FN4O3/c1-23(2,3)21-14(11-28(21)22(29)30)12-31-20-15(13-5-4-6-13)7-8-16(19(20)24)17-9-27-18(25)10-26-17/h7-10,13-14,21H,4-6,11-12H2,1-3H3,(H2,25,27)(H,29,30). The number of amides is 1. The Kier molecular flexibility index (Phi) is 5.49. The largest absolute Gasteiger partial charge is 0.490 e. The summed E-state index contributed by atoms with van der Waals surface area (Å²) in [6.07, 6.45) is 5.07. The zero-order valence-electron chi connectivity index (χ0n) is 18.1. The minimum atomic E-state index is -0.929. The summed E-state index contributed by atoms with van der Waals surface area (Å²) in [6, 6.07) is 3.47. The minimum Gasteiger partial charge on any atom is -0.490 e. The number of nitrogens with zero attached hydrogens (tertiary/aromatic N) is 3. The molecule has 4 rings (SSSR count). The zero-order chi connectivity index (χ0) is 22.3. The molecule has 31 heavy (non-hydrogen) atoms. The molecule has 7 nitrogen and oxygen atoms in total. The molecule has 1 amide bonds. The molecule has 3 N–H and O–H groups in total. The number of likely N-dealkylation sites (tertiary alicyclic amines) is 1. The summed E-state index contributed by atoms with van der Waals surface area (Å²) in [5.41, 5.74) is 6.96. The molecule has 1 saturated heterocycles. The number of rotatable bonds is 5. The highest BCUT2D eigenvalue weighted by Crippen LogP contribution is 2.45. The van der Waals surface area contributed by atoms with Gasteiger partial charge in [-0.05, 0) is 30.2 Å². The van der Waals surface area contributed by atoms with Crippen molar-refractivity contribution in [3.8, 4) is 17.0 Å². The van der Waals surface area contributed by atoms with Gasteiger partial charge >= 0.3 is 6.09 Å². The molecule has 1 aromatic carbocycles. The summed E-state index contributed by atoms with van der Waals surface area (Å²) in [5, 5.41) is 9.46. The molecule has 2 unspecified atom stereocenters. The summed E-state index contributed by atoms with van der Waals surface area (Å²) < 4.78 is 21.7. The number of nitrogens with two attached hydrogens (primary N) is 1. The van der Waals surface area contributed by atoms with Crippen LogP contribution in [0, 0.1) is 17.2 Å². The van der Waals surface area contributed by atoms with Crippen molar-refractivity contribution in [3.63, 3.8) is 0 Å². The molecule has 0 radical (unpaired) electrons. The molecule has 2 heterocycles. The average molecular weight is 429 g/mol. The molecule has 1 aliphatic heterocycles. The fraction of sp³-hybridized carbons (Fsp3) is 0.522. The van der Waals surface area contributed by atoms with Crippen molar-refractivity contribution in [1.29, 1.82) is 0 Å². The third kappa shape index (κ3) is 4.03. The maximum absolute atomic E-state index is 15.6. The van der Waals surface area contributed by atoms with Crippen molar-refractivity contribution in [2.24, 2.45) is 11.3 Å². The Hall–Kier alpha value is -2.90. The molecule has 2 atom stereocenters. The second kappa shape index (κ2) is 7.98. The summed E-state index contributed by atoms with van der Waals surface area (Å²) in [5.74, 6) is 0.358. The Bertz CT molecular complexity index is 970. The topological polar surface area (TPSA) is 102 Å². The molecule has 1 aliphatic carbocycles. The number of aromatic nitrogens is 2. The van der Waals surface area contributed by atoms with E-state index in [1.54, 1.807) is 6.07 Å². The van der Waals surface area contributed by atoms with E-state index in [9.17, 15) is 9.90 Å². The molecule has 8 heteroatoms. The number of ether oxygens (including phenoxy) is 1. The number of hydrogen-bond donors (Lipinski definition) is 2. The third-order valence-corrected chi connectivity index (χ3v) is 6.41. The lowest BCUT2D eigenvalue weighted by Gasteiger charge is -2.52. The van der Waals surface area contributed by atoms with Gasteiger partial charge in [-0.15, -0.1) is 0 Å². The van der Waals surface area contributed by atoms with E-state index in [0.29, 0.717) is 17.8 Å². The van der Waals surface area contributed by atoms with Gasteiger partial charge in [-0.25, -0.2) is 14.2 Å². The molecular weight excluding hydrogens is 399 g/mol. The Balaban J connectivity index is 1.61. The molecule has 1 aromatic heterocycles. The number of carboxylic acid groups (broad SMARTS) is 1. The van der Waals surface area contributed by atoms with Crippen molar-refractivity contribution >= 4 is 11.9 Å². The van der Waals surface area contributed by atoms with Gasteiger partial charge in [-0.2, -0.15) is 0 Å². The van der Waals surface area contributed by atoms with Gasteiger partial charge in [0.1, 0.15) is 5.82 Å². The van der Waals surface area contributed by atoms with Crippen LogP contribution in [0.5, 0.6) is 5.75 Å². The third-order valence-electron chi connectivity index (χ3n) is 6.41. The van der Waals surface area contributed by atoms with Crippen molar-refractivity contribution in [3.05, 3.63) is 35.9 Å². The predicted molar refractivity (Wildman–Crippen MR) is 115 cm³/mol. The smallest absolute Gasteiger partial charge is 0.407 e. The monoisotopic (exact) mass is 428 g/mol. The summed E-state index contributed by atoms with van der Waals surface area (Å²) in [4.78, 5) is 21.2. The van der Waals surface area contributed by atoms with Gasteiger partial charge in [0.2, 0.25) is 0 Å². The van der Waals surface area contributed by atoms with Gasteiger partial charge in [0.05, 0.1) is 24.7 Å². The Labute approximate surface area is 181 Å². The fourth-order valence-electron chi connectivity index (χ4n) is 4.72. The Morgan fingerprint density at radius 3 is 2.58 bits per heavy atom. The van der Waals surface area contributed by atoms with Gasteiger partial charge in [-0.1, -0.05) is 33.3 Å². The van der Waals surface area contributed by atoms with Crippen molar-refractivity contribution in [2.75, 3.05) is 18.9 Å². The van der Waals surface area contributed by atoms with Crippen LogP contribution in [0.1, 0.15) is 51.5 Å². The van der Waals surface area contributed by atoms with Gasteiger partial charge in [0, 0.05) is 29.6 Å². The number of benzene rings is 1. The second-order valence-corrected chi connectivity index (χ2v) is 9.62. The molecular formula is C23H29FN4O3. The van der Waals surface area contributed by atoms with E-state index in [2.05, 4.69) is 9.97 Å². The Morgan fingerprint density at radius 1 is 1.29 bits per heavy atom. The van der Waals surface area contributed by atoms with Crippen LogP contribution in [0.15, 0.2) is 24.5 Å². The van der Waals surface area contributed by atoms with Crippen LogP contribution < -0.4 is 10.5 Å². The normalized spacial score (nSPS) is 21.4. The van der Waals surface area contributed by atoms with Crippen LogP contribution in [0.2, 0.25) is 0 Å². The number of hydrogen-bond acceptors (Lipinski definition) is 5. The highest BCUT2D eigenvalue weighted by atomic mass is 19.1. The fourth-order valence-corrected chi connectivity index (χ4v) is 4.72. The number of halogens is 1. The van der Waals surface area contributed by atoms with Crippen LogP contribution >= 0.6 is 0 Å². The van der Waals surface area contributed by atoms with Gasteiger partial charge < -0.3 is 20.5 Å². The van der Waals surface area contributed by atoms with E-state index in [1.807, 2.05) is 26.8 Å². The van der Waals surface area contributed by atoms with Gasteiger partial charge in [0.15, 0.2) is 11.6 Å². The molecule has 2 fully saturated rings. The van der Waals surface area contributed by atoms with E-state index >= 15 is 4.39 Å². The molecule has 2 aliphatic rings. The highest BCUT2D eigenvalue weighted by Gasteiger charge is 2.48. The predicted octanol–water partition coefficient (Wildman–Crippen LogP) is 4.54. The van der Waals surface area contributed by atoms with Crippen molar-refractivity contribution in [1.82, 2.24) is 14.9 Å². The maximum Gasteiger partial charge on any atom is 0.407 e. The lowest BCUT2D eigenvalue weighted by Crippen LogP contribution is -2.64. The maximum atomic E-state index is 15.6. The lowest BCUT2D eigenvalue weighted by atomic mass is 9.72. The summed E-state index contributed by atoms with van der Waals surface area (Å²) in [6.45, 7) is 6.70. The first-order valence-corrected chi connectivity index (χ1v) is 10.7. The average Bonchev–Trinajstić information content (AvgIpc) is 2.60. The lowest BCUT2D eigenvalue weighted by molar-refractivity contribution is -0.0517. The van der Waals surface area contributed by atoms with Crippen molar-refractivity contribution in [2.45, 2.75) is 52.0 Å². The first-order valence-electron chi connectivity index (χ1n) is 10.7. The van der Waals surface area contributed by atoms with Crippen LogP contribution in [-0.4, -0.2) is 45.3 Å². The molecule has 0 bridgehead atoms. The van der Waals surface area contributed by atoms with Crippen LogP contribution in [-0.2, 0) is 0 Å². The summed E-state index contributed by atoms with van der Waals surface area (Å²) >= 11 is 0. The Morgan fingerprint density at radius 2 is 2.03 bits per heavy atom. The molecule has 1 saturated carbocycles. The molecule has 0 spiro atoms. The van der Waals surface area contributed by atoms with E-state index < -0.39 is 11.9 Å².